The van der Waals surface area contributed by atoms with E-state index in [1.54, 1.807) is 48.2 Å². The molecule has 2 aromatic rings. The van der Waals surface area contributed by atoms with Crippen molar-refractivity contribution in [1.29, 1.82) is 0 Å². The van der Waals surface area contributed by atoms with Gasteiger partial charge in [-0.2, -0.15) is 0 Å². The maximum Gasteiger partial charge on any atom is 0.373 e. The molecule has 1 aromatic heterocycles. The summed E-state index contributed by atoms with van der Waals surface area (Å²) in [6.45, 7) is 5.10. The number of methoxy groups -OCH3 is 1. The van der Waals surface area contributed by atoms with E-state index in [-0.39, 0.29) is 18.4 Å². The smallest absolute Gasteiger partial charge is 0.373 e. The standard InChI is InChI=1S/C22H27N3O6/c1-3-30-20(26)17-7-4-5-8-18(17)23-22(28)25-12-6-11-24(13-14-25)15-16-9-10-19(31-16)21(27)29-2/h4-5,7-10H,3,6,11-15H2,1-2H3,(H,23,28). The third-order valence-electron chi connectivity index (χ3n) is 4.97. The number of carbonyl (C=O) groups excluding carboxylic acids is 3. The highest BCUT2D eigenvalue weighted by Gasteiger charge is 2.22. The van der Waals surface area contributed by atoms with Crippen LogP contribution in [0.15, 0.2) is 40.8 Å². The van der Waals surface area contributed by atoms with E-state index in [0.717, 1.165) is 13.0 Å². The first-order valence-corrected chi connectivity index (χ1v) is 10.2. The number of benzene rings is 1. The van der Waals surface area contributed by atoms with E-state index in [2.05, 4.69) is 15.0 Å². The van der Waals surface area contributed by atoms with Crippen LogP contribution in [0.4, 0.5) is 10.5 Å². The minimum Gasteiger partial charge on any atom is -0.463 e. The van der Waals surface area contributed by atoms with Crippen molar-refractivity contribution in [2.24, 2.45) is 0 Å². The topological polar surface area (TPSA) is 101 Å². The quantitative estimate of drug-likeness (QED) is 0.705. The summed E-state index contributed by atoms with van der Waals surface area (Å²) in [4.78, 5) is 40.4. The van der Waals surface area contributed by atoms with Gasteiger partial charge in [-0.05, 0) is 37.6 Å². The number of para-hydroxylation sites is 1. The number of hydrogen-bond donors (Lipinski definition) is 1. The van der Waals surface area contributed by atoms with Crippen molar-refractivity contribution in [2.75, 3.05) is 45.2 Å². The van der Waals surface area contributed by atoms with E-state index in [4.69, 9.17) is 9.15 Å². The lowest BCUT2D eigenvalue weighted by molar-refractivity contribution is 0.0525. The summed E-state index contributed by atoms with van der Waals surface area (Å²) in [5.41, 5.74) is 0.756. The number of carbonyl (C=O) groups is 3. The van der Waals surface area contributed by atoms with Crippen molar-refractivity contribution in [3.05, 3.63) is 53.5 Å². The second-order valence-electron chi connectivity index (χ2n) is 7.07. The molecule has 9 heteroatoms. The molecule has 166 valence electrons. The molecule has 0 atom stereocenters. The van der Waals surface area contributed by atoms with Crippen LogP contribution in [-0.2, 0) is 16.0 Å². The molecule has 0 unspecified atom stereocenters. The van der Waals surface area contributed by atoms with E-state index in [1.165, 1.54) is 7.11 Å². The van der Waals surface area contributed by atoms with Crippen molar-refractivity contribution < 1.29 is 28.3 Å². The molecule has 0 saturated carbocycles. The molecule has 2 heterocycles. The number of esters is 2. The molecule has 1 fully saturated rings. The summed E-state index contributed by atoms with van der Waals surface area (Å²) in [6, 6.07) is 9.89. The Balaban J connectivity index is 1.57. The van der Waals surface area contributed by atoms with Crippen LogP contribution in [0.5, 0.6) is 0 Å². The fourth-order valence-corrected chi connectivity index (χ4v) is 3.40. The molecule has 1 N–H and O–H groups in total. The Morgan fingerprint density at radius 1 is 1.03 bits per heavy atom. The number of nitrogens with zero attached hydrogens (tertiary/aromatic N) is 2. The van der Waals surface area contributed by atoms with E-state index in [1.807, 2.05) is 0 Å². The summed E-state index contributed by atoms with van der Waals surface area (Å²) < 4.78 is 15.3. The van der Waals surface area contributed by atoms with Gasteiger partial charge in [-0.3, -0.25) is 4.90 Å². The molecule has 2 amide bonds. The Hall–Kier alpha value is -3.33. The first-order valence-electron chi connectivity index (χ1n) is 10.2. The molecule has 1 saturated heterocycles. The number of anilines is 1. The molecule has 0 radical (unpaired) electrons. The molecule has 0 aliphatic carbocycles. The van der Waals surface area contributed by atoms with Gasteiger partial charge in [-0.25, -0.2) is 14.4 Å². The summed E-state index contributed by atoms with van der Waals surface area (Å²) in [5, 5.41) is 2.83. The molecule has 9 nitrogen and oxygen atoms in total. The second-order valence-corrected chi connectivity index (χ2v) is 7.07. The van der Waals surface area contributed by atoms with E-state index >= 15 is 0 Å². The van der Waals surface area contributed by atoms with Crippen LogP contribution in [0, 0.1) is 0 Å². The van der Waals surface area contributed by atoms with Gasteiger partial charge in [0.15, 0.2) is 0 Å². The fourth-order valence-electron chi connectivity index (χ4n) is 3.40. The number of furan rings is 1. The van der Waals surface area contributed by atoms with Crippen LogP contribution in [0.3, 0.4) is 0 Å². The molecule has 31 heavy (non-hydrogen) atoms. The number of ether oxygens (including phenoxy) is 2. The van der Waals surface area contributed by atoms with Crippen molar-refractivity contribution in [3.63, 3.8) is 0 Å². The zero-order chi connectivity index (χ0) is 22.2. The zero-order valence-corrected chi connectivity index (χ0v) is 17.8. The lowest BCUT2D eigenvalue weighted by Gasteiger charge is -2.22. The van der Waals surface area contributed by atoms with Crippen molar-refractivity contribution >= 4 is 23.7 Å². The van der Waals surface area contributed by atoms with Crippen molar-refractivity contribution in [3.8, 4) is 0 Å². The number of nitrogens with one attached hydrogen (secondary N) is 1. The third kappa shape index (κ3) is 5.85. The number of hydrogen-bond acceptors (Lipinski definition) is 7. The number of amides is 2. The summed E-state index contributed by atoms with van der Waals surface area (Å²) in [6.07, 6.45) is 0.789. The molecule has 1 aliphatic heterocycles. The van der Waals surface area contributed by atoms with E-state index < -0.39 is 11.9 Å². The highest BCUT2D eigenvalue weighted by molar-refractivity contribution is 6.00. The molecule has 1 aliphatic rings. The Morgan fingerprint density at radius 3 is 2.61 bits per heavy atom. The van der Waals surface area contributed by atoms with Gasteiger partial charge < -0.3 is 24.1 Å². The van der Waals surface area contributed by atoms with Gasteiger partial charge in [0.1, 0.15) is 5.76 Å². The highest BCUT2D eigenvalue weighted by atomic mass is 16.5. The minimum absolute atomic E-state index is 0.175. The van der Waals surface area contributed by atoms with Gasteiger partial charge in [0.2, 0.25) is 5.76 Å². The largest absolute Gasteiger partial charge is 0.463 e. The predicted molar refractivity (Wildman–Crippen MR) is 113 cm³/mol. The average Bonchev–Trinajstić information content (AvgIpc) is 3.11. The number of urea groups is 1. The second kappa shape index (κ2) is 10.6. The summed E-state index contributed by atoms with van der Waals surface area (Å²) in [7, 11) is 1.31. The molecular weight excluding hydrogens is 402 g/mol. The Labute approximate surface area is 180 Å². The van der Waals surface area contributed by atoms with Gasteiger partial charge in [0.05, 0.1) is 31.5 Å². The van der Waals surface area contributed by atoms with Crippen LogP contribution < -0.4 is 5.32 Å². The highest BCUT2D eigenvalue weighted by Crippen LogP contribution is 2.18. The fraction of sp³-hybridized carbons (Fsp3) is 0.409. The van der Waals surface area contributed by atoms with E-state index in [9.17, 15) is 14.4 Å². The van der Waals surface area contributed by atoms with Gasteiger partial charge in [-0.15, -0.1) is 0 Å². The van der Waals surface area contributed by atoms with Crippen LogP contribution in [0.25, 0.3) is 0 Å². The maximum absolute atomic E-state index is 12.8. The first kappa shape index (κ1) is 22.4. The molecule has 0 bridgehead atoms. The van der Waals surface area contributed by atoms with Gasteiger partial charge in [-0.1, -0.05) is 12.1 Å². The van der Waals surface area contributed by atoms with Gasteiger partial charge in [0.25, 0.3) is 0 Å². The summed E-state index contributed by atoms with van der Waals surface area (Å²) >= 11 is 0. The zero-order valence-electron chi connectivity index (χ0n) is 17.8. The van der Waals surface area contributed by atoms with Crippen LogP contribution in [-0.4, -0.2) is 67.7 Å². The van der Waals surface area contributed by atoms with Gasteiger partial charge in [0, 0.05) is 26.2 Å². The monoisotopic (exact) mass is 429 g/mol. The Bertz CT molecular complexity index is 925. The van der Waals surface area contributed by atoms with Crippen LogP contribution >= 0.6 is 0 Å². The molecule has 3 rings (SSSR count). The normalized spacial score (nSPS) is 14.6. The first-order chi connectivity index (χ1) is 15.0. The predicted octanol–water partition coefficient (Wildman–Crippen LogP) is 2.98. The lowest BCUT2D eigenvalue weighted by atomic mass is 10.2. The van der Waals surface area contributed by atoms with Gasteiger partial charge >= 0.3 is 18.0 Å². The molecule has 1 aromatic carbocycles. The van der Waals surface area contributed by atoms with Crippen LogP contribution in [0.1, 0.15) is 40.0 Å². The van der Waals surface area contributed by atoms with Crippen molar-refractivity contribution in [1.82, 2.24) is 9.80 Å². The van der Waals surface area contributed by atoms with Crippen LogP contribution in [0.2, 0.25) is 0 Å². The average molecular weight is 429 g/mol. The third-order valence-corrected chi connectivity index (χ3v) is 4.97. The molecule has 0 spiro atoms. The minimum atomic E-state index is -0.506. The van der Waals surface area contributed by atoms with Crippen molar-refractivity contribution in [2.45, 2.75) is 19.9 Å². The molecular formula is C22H27N3O6. The van der Waals surface area contributed by atoms with E-state index in [0.29, 0.717) is 43.2 Å². The Kier molecular flexibility index (Phi) is 7.66. The lowest BCUT2D eigenvalue weighted by Crippen LogP contribution is -2.38. The number of rotatable bonds is 6. The SMILES string of the molecule is CCOC(=O)c1ccccc1NC(=O)N1CCCN(Cc2ccc(C(=O)OC)o2)CC1. The summed E-state index contributed by atoms with van der Waals surface area (Å²) in [5.74, 6) is -0.131. The Morgan fingerprint density at radius 2 is 1.84 bits per heavy atom. The maximum atomic E-state index is 12.8.